The average Bonchev–Trinajstić information content (AvgIpc) is 2.89. The standard InChI is InChI=1S/C18H15ClN2O2/c1-11-16(14-4-2-3-5-15(14)21-11)17(22)18(23)20-10-12-6-8-13(19)9-7-12/h2-9,21H,10H2,1H3,(H,20,23). The highest BCUT2D eigenvalue weighted by Gasteiger charge is 2.22. The third-order valence-corrected chi connectivity index (χ3v) is 3.95. The normalized spacial score (nSPS) is 10.7. The lowest BCUT2D eigenvalue weighted by molar-refractivity contribution is -0.117. The lowest BCUT2D eigenvalue weighted by Crippen LogP contribution is -2.30. The predicted octanol–water partition coefficient (Wildman–Crippen LogP) is 3.63. The highest BCUT2D eigenvalue weighted by molar-refractivity contribution is 6.45. The van der Waals surface area contributed by atoms with Crippen molar-refractivity contribution in [1.29, 1.82) is 0 Å². The first-order valence-corrected chi connectivity index (χ1v) is 7.58. The van der Waals surface area contributed by atoms with Crippen LogP contribution in [0.2, 0.25) is 5.02 Å². The molecule has 0 bridgehead atoms. The van der Waals surface area contributed by atoms with E-state index in [-0.39, 0.29) is 6.54 Å². The number of aromatic amines is 1. The Morgan fingerprint density at radius 2 is 1.78 bits per heavy atom. The Morgan fingerprint density at radius 3 is 2.52 bits per heavy atom. The van der Waals surface area contributed by atoms with Gasteiger partial charge in [0.15, 0.2) is 0 Å². The molecule has 2 N–H and O–H groups in total. The zero-order valence-corrected chi connectivity index (χ0v) is 13.3. The van der Waals surface area contributed by atoms with Crippen LogP contribution in [0, 0.1) is 6.92 Å². The van der Waals surface area contributed by atoms with Crippen LogP contribution < -0.4 is 5.32 Å². The molecule has 0 aliphatic rings. The molecule has 0 saturated carbocycles. The number of carbonyl (C=O) groups is 2. The molecule has 0 radical (unpaired) electrons. The van der Waals surface area contributed by atoms with E-state index in [1.54, 1.807) is 19.1 Å². The number of hydrogen-bond donors (Lipinski definition) is 2. The second-order valence-electron chi connectivity index (χ2n) is 5.31. The van der Waals surface area contributed by atoms with Gasteiger partial charge in [0.2, 0.25) is 0 Å². The number of fused-ring (bicyclic) bond motifs is 1. The van der Waals surface area contributed by atoms with E-state index in [2.05, 4.69) is 10.3 Å². The molecule has 1 aromatic heterocycles. The molecule has 1 heterocycles. The monoisotopic (exact) mass is 326 g/mol. The molecule has 3 rings (SSSR count). The molecule has 0 spiro atoms. The quantitative estimate of drug-likeness (QED) is 0.568. The number of para-hydroxylation sites is 1. The summed E-state index contributed by atoms with van der Waals surface area (Å²) in [5, 5.41) is 4.04. The molecule has 0 aliphatic heterocycles. The van der Waals surface area contributed by atoms with Crippen molar-refractivity contribution < 1.29 is 9.59 Å². The number of aromatic nitrogens is 1. The van der Waals surface area contributed by atoms with Crippen LogP contribution in [-0.2, 0) is 11.3 Å². The molecule has 5 heteroatoms. The first-order chi connectivity index (χ1) is 11.1. The summed E-state index contributed by atoms with van der Waals surface area (Å²) in [5.74, 6) is -1.15. The Bertz CT molecular complexity index is 882. The molecule has 116 valence electrons. The summed E-state index contributed by atoms with van der Waals surface area (Å²) in [4.78, 5) is 27.8. The topological polar surface area (TPSA) is 62.0 Å². The maximum absolute atomic E-state index is 12.5. The van der Waals surface area contributed by atoms with Crippen LogP contribution in [0.5, 0.6) is 0 Å². The van der Waals surface area contributed by atoms with E-state index < -0.39 is 11.7 Å². The van der Waals surface area contributed by atoms with Gasteiger partial charge in [0, 0.05) is 28.2 Å². The molecule has 0 aliphatic carbocycles. The lowest BCUT2D eigenvalue weighted by Gasteiger charge is -2.05. The van der Waals surface area contributed by atoms with Crippen LogP contribution in [0.4, 0.5) is 0 Å². The Hall–Kier alpha value is -2.59. The highest BCUT2D eigenvalue weighted by Crippen LogP contribution is 2.22. The van der Waals surface area contributed by atoms with Crippen molar-refractivity contribution in [1.82, 2.24) is 10.3 Å². The molecular weight excluding hydrogens is 312 g/mol. The van der Waals surface area contributed by atoms with Gasteiger partial charge < -0.3 is 10.3 Å². The second-order valence-corrected chi connectivity index (χ2v) is 5.75. The number of nitrogens with one attached hydrogen (secondary N) is 2. The number of ketones is 1. The Labute approximate surface area is 138 Å². The number of carbonyl (C=O) groups excluding carboxylic acids is 2. The van der Waals surface area contributed by atoms with Crippen molar-refractivity contribution in [3.05, 3.63) is 70.4 Å². The number of H-pyrrole nitrogens is 1. The van der Waals surface area contributed by atoms with Gasteiger partial charge in [0.05, 0.1) is 5.56 Å². The lowest BCUT2D eigenvalue weighted by atomic mass is 10.1. The molecule has 0 unspecified atom stereocenters. The van der Waals surface area contributed by atoms with E-state index in [1.165, 1.54) is 0 Å². The van der Waals surface area contributed by atoms with Gasteiger partial charge in [-0.25, -0.2) is 0 Å². The third-order valence-electron chi connectivity index (χ3n) is 3.69. The second kappa shape index (κ2) is 6.26. The molecular formula is C18H15ClN2O2. The average molecular weight is 327 g/mol. The van der Waals surface area contributed by atoms with E-state index in [1.807, 2.05) is 36.4 Å². The fourth-order valence-electron chi connectivity index (χ4n) is 2.55. The van der Waals surface area contributed by atoms with E-state index in [0.717, 1.165) is 16.5 Å². The van der Waals surface area contributed by atoms with Crippen molar-refractivity contribution in [3.8, 4) is 0 Å². The number of aryl methyl sites for hydroxylation is 1. The summed E-state index contributed by atoms with van der Waals surface area (Å²) in [6.45, 7) is 2.07. The summed E-state index contributed by atoms with van der Waals surface area (Å²) in [7, 11) is 0. The van der Waals surface area contributed by atoms with Crippen LogP contribution in [0.1, 0.15) is 21.6 Å². The molecule has 1 amide bonds. The summed E-state index contributed by atoms with van der Waals surface area (Å²) in [5.41, 5.74) is 2.84. The van der Waals surface area contributed by atoms with Gasteiger partial charge in [0.1, 0.15) is 0 Å². The van der Waals surface area contributed by atoms with Crippen LogP contribution in [0.25, 0.3) is 10.9 Å². The van der Waals surface area contributed by atoms with Crippen LogP contribution >= 0.6 is 11.6 Å². The van der Waals surface area contributed by atoms with E-state index in [0.29, 0.717) is 16.3 Å². The summed E-state index contributed by atoms with van der Waals surface area (Å²) in [6, 6.07) is 14.5. The SMILES string of the molecule is Cc1[nH]c2ccccc2c1C(=O)C(=O)NCc1ccc(Cl)cc1. The fourth-order valence-corrected chi connectivity index (χ4v) is 2.67. The summed E-state index contributed by atoms with van der Waals surface area (Å²) >= 11 is 5.82. The zero-order valence-electron chi connectivity index (χ0n) is 12.5. The molecule has 3 aromatic rings. The van der Waals surface area contributed by atoms with Crippen molar-refractivity contribution in [2.24, 2.45) is 0 Å². The Balaban J connectivity index is 1.77. The number of halogens is 1. The van der Waals surface area contributed by atoms with Crippen molar-refractivity contribution >= 4 is 34.2 Å². The first-order valence-electron chi connectivity index (χ1n) is 7.20. The fraction of sp³-hybridized carbons (Fsp3) is 0.111. The van der Waals surface area contributed by atoms with E-state index in [9.17, 15) is 9.59 Å². The molecule has 0 atom stereocenters. The minimum Gasteiger partial charge on any atom is -0.358 e. The van der Waals surface area contributed by atoms with E-state index >= 15 is 0 Å². The van der Waals surface area contributed by atoms with Gasteiger partial charge in [-0.15, -0.1) is 0 Å². The molecule has 4 nitrogen and oxygen atoms in total. The molecule has 0 saturated heterocycles. The number of amides is 1. The van der Waals surface area contributed by atoms with Crippen LogP contribution in [0.15, 0.2) is 48.5 Å². The van der Waals surface area contributed by atoms with Gasteiger partial charge in [0.25, 0.3) is 11.7 Å². The summed E-state index contributed by atoms with van der Waals surface area (Å²) < 4.78 is 0. The van der Waals surface area contributed by atoms with Gasteiger partial charge >= 0.3 is 0 Å². The van der Waals surface area contributed by atoms with Crippen molar-refractivity contribution in [2.75, 3.05) is 0 Å². The van der Waals surface area contributed by atoms with Crippen molar-refractivity contribution in [2.45, 2.75) is 13.5 Å². The minimum atomic E-state index is -0.618. The Morgan fingerprint density at radius 1 is 1.09 bits per heavy atom. The van der Waals surface area contributed by atoms with Crippen molar-refractivity contribution in [3.63, 3.8) is 0 Å². The first kappa shape index (κ1) is 15.3. The van der Waals surface area contributed by atoms with Gasteiger partial charge in [-0.05, 0) is 30.7 Å². The largest absolute Gasteiger partial charge is 0.358 e. The number of hydrogen-bond acceptors (Lipinski definition) is 2. The number of Topliss-reactive ketones (excluding diaryl/α,β-unsaturated/α-hetero) is 1. The maximum atomic E-state index is 12.5. The Kier molecular flexibility index (Phi) is 4.17. The van der Waals surface area contributed by atoms with Gasteiger partial charge in [-0.1, -0.05) is 41.9 Å². The molecule has 23 heavy (non-hydrogen) atoms. The predicted molar refractivity (Wildman–Crippen MR) is 90.7 cm³/mol. The number of rotatable bonds is 4. The van der Waals surface area contributed by atoms with E-state index in [4.69, 9.17) is 11.6 Å². The highest BCUT2D eigenvalue weighted by atomic mass is 35.5. The van der Waals surface area contributed by atoms with Gasteiger partial charge in [-0.3, -0.25) is 9.59 Å². The molecule has 2 aromatic carbocycles. The number of benzene rings is 2. The smallest absolute Gasteiger partial charge is 0.292 e. The third kappa shape index (κ3) is 3.12. The van der Waals surface area contributed by atoms with Crippen LogP contribution in [-0.4, -0.2) is 16.7 Å². The van der Waals surface area contributed by atoms with Crippen LogP contribution in [0.3, 0.4) is 0 Å². The minimum absolute atomic E-state index is 0.281. The molecule has 0 fully saturated rings. The summed E-state index contributed by atoms with van der Waals surface area (Å²) in [6.07, 6.45) is 0. The zero-order chi connectivity index (χ0) is 16.4. The van der Waals surface area contributed by atoms with Gasteiger partial charge in [-0.2, -0.15) is 0 Å². The maximum Gasteiger partial charge on any atom is 0.292 e.